The van der Waals surface area contributed by atoms with Crippen LogP contribution in [0.25, 0.3) is 0 Å². The topological polar surface area (TPSA) is 50.2 Å². The van der Waals surface area contributed by atoms with Crippen LogP contribution in [0.3, 0.4) is 0 Å². The molecule has 1 amide bonds. The van der Waals surface area contributed by atoms with E-state index >= 15 is 0 Å². The number of nitrogens with one attached hydrogen (secondary N) is 1. The van der Waals surface area contributed by atoms with E-state index in [1.807, 2.05) is 55.0 Å². The monoisotopic (exact) mass is 284 g/mol. The molecule has 5 nitrogen and oxygen atoms in total. The van der Waals surface area contributed by atoms with E-state index in [-0.39, 0.29) is 5.91 Å². The van der Waals surface area contributed by atoms with E-state index in [2.05, 4.69) is 10.4 Å². The summed E-state index contributed by atoms with van der Waals surface area (Å²) in [6.45, 7) is 0. The first-order chi connectivity index (χ1) is 10.1. The van der Waals surface area contributed by atoms with Crippen LogP contribution in [-0.4, -0.2) is 29.8 Å². The zero-order valence-corrected chi connectivity index (χ0v) is 12.7. The largest absolute Gasteiger partial charge is 0.378 e. The Morgan fingerprint density at radius 1 is 1.24 bits per heavy atom. The van der Waals surface area contributed by atoms with Crippen LogP contribution < -0.4 is 10.2 Å². The van der Waals surface area contributed by atoms with Gasteiger partial charge in [0.25, 0.3) is 5.91 Å². The average Bonchev–Trinajstić information content (AvgIpc) is 3.04. The molecule has 0 spiro atoms. The van der Waals surface area contributed by atoms with Crippen LogP contribution in [0.2, 0.25) is 0 Å². The second kappa shape index (κ2) is 5.24. The number of fused-ring (bicyclic) bond motifs is 1. The highest BCUT2D eigenvalue weighted by Gasteiger charge is 2.25. The summed E-state index contributed by atoms with van der Waals surface area (Å²) in [6.07, 6.45) is 3.08. The maximum atomic E-state index is 12.4. The standard InChI is InChI=1S/C16H20N4O/c1-19(2)12-9-7-11(8-10-12)17-16(21)15-13-5-4-6-14(13)20(3)18-15/h7-10H,4-6H2,1-3H3,(H,17,21). The third kappa shape index (κ3) is 2.51. The van der Waals surface area contributed by atoms with Gasteiger partial charge in [-0.1, -0.05) is 0 Å². The second-order valence-electron chi connectivity index (χ2n) is 5.65. The fraction of sp³-hybridized carbons (Fsp3) is 0.375. The Morgan fingerprint density at radius 2 is 1.95 bits per heavy atom. The molecule has 0 bridgehead atoms. The van der Waals surface area contributed by atoms with E-state index in [0.717, 1.165) is 36.2 Å². The van der Waals surface area contributed by atoms with Gasteiger partial charge in [0.1, 0.15) is 0 Å². The first kappa shape index (κ1) is 13.7. The summed E-state index contributed by atoms with van der Waals surface area (Å²) < 4.78 is 1.84. The Bertz CT molecular complexity index is 670. The van der Waals surface area contributed by atoms with Crippen molar-refractivity contribution in [2.45, 2.75) is 19.3 Å². The number of carbonyl (C=O) groups excluding carboxylic acids is 1. The first-order valence-corrected chi connectivity index (χ1v) is 7.20. The molecule has 1 aliphatic carbocycles. The van der Waals surface area contributed by atoms with Crippen LogP contribution in [0, 0.1) is 0 Å². The van der Waals surface area contributed by atoms with Crippen molar-refractivity contribution in [2.75, 3.05) is 24.3 Å². The number of amides is 1. The molecular weight excluding hydrogens is 264 g/mol. The number of rotatable bonds is 3. The SMILES string of the molecule is CN(C)c1ccc(NC(=O)c2nn(C)c3c2CCC3)cc1. The first-order valence-electron chi connectivity index (χ1n) is 7.20. The summed E-state index contributed by atoms with van der Waals surface area (Å²) in [6, 6.07) is 7.80. The molecule has 5 heteroatoms. The van der Waals surface area contributed by atoms with Gasteiger partial charge in [-0.3, -0.25) is 9.48 Å². The third-order valence-corrected chi connectivity index (χ3v) is 3.97. The maximum Gasteiger partial charge on any atom is 0.276 e. The predicted octanol–water partition coefficient (Wildman–Crippen LogP) is 2.23. The Labute approximate surface area is 124 Å². The highest BCUT2D eigenvalue weighted by Crippen LogP contribution is 2.25. The molecule has 2 aromatic rings. The van der Waals surface area contributed by atoms with Crippen LogP contribution in [0.1, 0.15) is 28.2 Å². The zero-order valence-electron chi connectivity index (χ0n) is 12.7. The van der Waals surface area contributed by atoms with Gasteiger partial charge in [-0.15, -0.1) is 0 Å². The molecule has 0 fully saturated rings. The summed E-state index contributed by atoms with van der Waals surface area (Å²) >= 11 is 0. The lowest BCUT2D eigenvalue weighted by Crippen LogP contribution is -2.15. The predicted molar refractivity (Wildman–Crippen MR) is 84.0 cm³/mol. The van der Waals surface area contributed by atoms with Crippen molar-refractivity contribution in [1.29, 1.82) is 0 Å². The van der Waals surface area contributed by atoms with E-state index in [9.17, 15) is 4.79 Å². The smallest absolute Gasteiger partial charge is 0.276 e. The number of nitrogens with zero attached hydrogens (tertiary/aromatic N) is 3. The number of hydrogen-bond acceptors (Lipinski definition) is 3. The fourth-order valence-electron chi connectivity index (χ4n) is 2.83. The molecule has 110 valence electrons. The molecule has 1 aromatic heterocycles. The summed E-state index contributed by atoms with van der Waals surface area (Å²) in [5.41, 5.74) is 4.78. The molecule has 1 aromatic carbocycles. The Hall–Kier alpha value is -2.30. The lowest BCUT2D eigenvalue weighted by atomic mass is 10.2. The molecule has 0 aliphatic heterocycles. The van der Waals surface area contributed by atoms with Crippen LogP contribution in [-0.2, 0) is 19.9 Å². The van der Waals surface area contributed by atoms with Crippen molar-refractivity contribution >= 4 is 17.3 Å². The minimum absolute atomic E-state index is 0.119. The second-order valence-corrected chi connectivity index (χ2v) is 5.65. The van der Waals surface area contributed by atoms with Crippen molar-refractivity contribution in [3.05, 3.63) is 41.2 Å². The Balaban J connectivity index is 1.79. The highest BCUT2D eigenvalue weighted by molar-refractivity contribution is 6.04. The van der Waals surface area contributed by atoms with Gasteiger partial charge in [0.15, 0.2) is 5.69 Å². The normalized spacial score (nSPS) is 13.1. The van der Waals surface area contributed by atoms with Crippen LogP contribution in [0.4, 0.5) is 11.4 Å². The molecule has 1 N–H and O–H groups in total. The summed E-state index contributed by atoms with van der Waals surface area (Å²) in [4.78, 5) is 14.4. The summed E-state index contributed by atoms with van der Waals surface area (Å²) in [7, 11) is 5.89. The lowest BCUT2D eigenvalue weighted by Gasteiger charge is -2.12. The van der Waals surface area contributed by atoms with E-state index in [1.165, 1.54) is 5.69 Å². The lowest BCUT2D eigenvalue weighted by molar-refractivity contribution is 0.102. The molecule has 1 aliphatic rings. The van der Waals surface area contributed by atoms with Crippen LogP contribution >= 0.6 is 0 Å². The molecule has 0 saturated carbocycles. The summed E-state index contributed by atoms with van der Waals surface area (Å²) in [5, 5.41) is 7.30. The van der Waals surface area contributed by atoms with Gasteiger partial charge in [0.05, 0.1) is 0 Å². The third-order valence-electron chi connectivity index (χ3n) is 3.97. The number of anilines is 2. The Morgan fingerprint density at radius 3 is 2.62 bits per heavy atom. The van der Waals surface area contributed by atoms with Crippen molar-refractivity contribution in [1.82, 2.24) is 9.78 Å². The van der Waals surface area contributed by atoms with Gasteiger partial charge in [-0.2, -0.15) is 5.10 Å². The number of carbonyl (C=O) groups is 1. The number of aromatic nitrogens is 2. The Kier molecular flexibility index (Phi) is 3.41. The van der Waals surface area contributed by atoms with Crippen LogP contribution in [0.5, 0.6) is 0 Å². The van der Waals surface area contributed by atoms with E-state index in [0.29, 0.717) is 5.69 Å². The van der Waals surface area contributed by atoms with E-state index in [4.69, 9.17) is 0 Å². The van der Waals surface area contributed by atoms with Gasteiger partial charge < -0.3 is 10.2 Å². The average molecular weight is 284 g/mol. The van der Waals surface area contributed by atoms with Gasteiger partial charge in [0.2, 0.25) is 0 Å². The van der Waals surface area contributed by atoms with Gasteiger partial charge >= 0.3 is 0 Å². The quantitative estimate of drug-likeness (QED) is 0.940. The van der Waals surface area contributed by atoms with Crippen LogP contribution in [0.15, 0.2) is 24.3 Å². The molecule has 1 heterocycles. The van der Waals surface area contributed by atoms with E-state index < -0.39 is 0 Å². The maximum absolute atomic E-state index is 12.4. The molecule has 0 atom stereocenters. The summed E-state index contributed by atoms with van der Waals surface area (Å²) in [5.74, 6) is -0.119. The van der Waals surface area contributed by atoms with Crippen molar-refractivity contribution in [2.24, 2.45) is 7.05 Å². The molecular formula is C16H20N4O. The highest BCUT2D eigenvalue weighted by atomic mass is 16.2. The van der Waals surface area contributed by atoms with Crippen molar-refractivity contribution in [3.63, 3.8) is 0 Å². The number of hydrogen-bond donors (Lipinski definition) is 1. The van der Waals surface area contributed by atoms with E-state index in [1.54, 1.807) is 0 Å². The molecule has 0 saturated heterocycles. The number of benzene rings is 1. The van der Waals surface area contributed by atoms with Gasteiger partial charge in [-0.05, 0) is 43.5 Å². The van der Waals surface area contributed by atoms with Crippen molar-refractivity contribution in [3.8, 4) is 0 Å². The number of aryl methyl sites for hydroxylation is 1. The van der Waals surface area contributed by atoms with Crippen molar-refractivity contribution < 1.29 is 4.79 Å². The minimum atomic E-state index is -0.119. The molecule has 0 unspecified atom stereocenters. The minimum Gasteiger partial charge on any atom is -0.378 e. The molecule has 0 radical (unpaired) electrons. The zero-order chi connectivity index (χ0) is 15.0. The van der Waals surface area contributed by atoms with Gasteiger partial charge in [-0.25, -0.2) is 0 Å². The molecule has 3 rings (SSSR count). The van der Waals surface area contributed by atoms with Gasteiger partial charge in [0, 0.05) is 43.8 Å². The molecule has 21 heavy (non-hydrogen) atoms. The fourth-order valence-corrected chi connectivity index (χ4v) is 2.83.